The molecule has 0 aliphatic heterocycles. The summed E-state index contributed by atoms with van der Waals surface area (Å²) in [6.07, 6.45) is 7.17. The molecule has 0 atom stereocenters. The number of hydrogen-bond donors (Lipinski definition) is 1. The van der Waals surface area contributed by atoms with Crippen molar-refractivity contribution in [1.29, 1.82) is 0 Å². The van der Waals surface area contributed by atoms with Crippen molar-refractivity contribution in [3.63, 3.8) is 0 Å². The number of thioether (sulfide) groups is 1. The van der Waals surface area contributed by atoms with Crippen LogP contribution in [0.15, 0.2) is 58.6 Å². The fraction of sp³-hybridized carbons (Fsp3) is 0.273. The van der Waals surface area contributed by atoms with Crippen LogP contribution in [0.3, 0.4) is 0 Å². The van der Waals surface area contributed by atoms with Gasteiger partial charge in [-0.2, -0.15) is 4.98 Å². The van der Waals surface area contributed by atoms with Gasteiger partial charge in [-0.25, -0.2) is 9.18 Å². The first kappa shape index (κ1) is 20.3. The molecule has 8 heteroatoms. The molecule has 0 radical (unpaired) electrons. The van der Waals surface area contributed by atoms with Gasteiger partial charge in [0.1, 0.15) is 10.8 Å². The number of amides is 1. The number of hydrogen-bond acceptors (Lipinski definition) is 5. The van der Waals surface area contributed by atoms with Gasteiger partial charge in [0.15, 0.2) is 0 Å². The van der Waals surface area contributed by atoms with Gasteiger partial charge in [0.2, 0.25) is 5.91 Å². The second-order valence-electron chi connectivity index (χ2n) is 7.12. The number of halogens is 1. The second-order valence-corrected chi connectivity index (χ2v) is 8.08. The summed E-state index contributed by atoms with van der Waals surface area (Å²) in [5, 5.41) is 3.37. The molecule has 1 aromatic carbocycles. The van der Waals surface area contributed by atoms with E-state index in [1.54, 1.807) is 17.0 Å². The lowest BCUT2D eigenvalue weighted by Crippen LogP contribution is -2.30. The SMILES string of the molecule is O=C(CSc1nc(=O)n(Cc2ccncc2)c2c1CCCC2)Nc1ccc(F)cc1. The molecule has 0 bridgehead atoms. The largest absolute Gasteiger partial charge is 0.349 e. The lowest BCUT2D eigenvalue weighted by molar-refractivity contribution is -0.113. The zero-order valence-corrected chi connectivity index (χ0v) is 17.1. The molecule has 1 aliphatic rings. The van der Waals surface area contributed by atoms with Crippen LogP contribution >= 0.6 is 11.8 Å². The minimum Gasteiger partial charge on any atom is -0.325 e. The molecule has 0 spiro atoms. The van der Waals surface area contributed by atoms with Gasteiger partial charge in [-0.1, -0.05) is 11.8 Å². The summed E-state index contributed by atoms with van der Waals surface area (Å²) in [5.41, 5.74) is 3.31. The number of carbonyl (C=O) groups is 1. The molecule has 30 heavy (non-hydrogen) atoms. The van der Waals surface area contributed by atoms with Gasteiger partial charge in [0.05, 0.1) is 12.3 Å². The first-order chi connectivity index (χ1) is 14.6. The molecule has 1 amide bonds. The highest BCUT2D eigenvalue weighted by Crippen LogP contribution is 2.28. The first-order valence-corrected chi connectivity index (χ1v) is 10.8. The maximum atomic E-state index is 13.0. The number of fused-ring (bicyclic) bond motifs is 1. The first-order valence-electron chi connectivity index (χ1n) is 9.80. The molecule has 0 saturated carbocycles. The van der Waals surface area contributed by atoms with Gasteiger partial charge in [-0.15, -0.1) is 0 Å². The Bertz CT molecular complexity index is 1100. The van der Waals surface area contributed by atoms with Crippen molar-refractivity contribution < 1.29 is 9.18 Å². The van der Waals surface area contributed by atoms with Crippen molar-refractivity contribution in [2.45, 2.75) is 37.3 Å². The fourth-order valence-corrected chi connectivity index (χ4v) is 4.44. The van der Waals surface area contributed by atoms with E-state index >= 15 is 0 Å². The molecule has 1 N–H and O–H groups in total. The van der Waals surface area contributed by atoms with Crippen LogP contribution in [0.2, 0.25) is 0 Å². The Morgan fingerprint density at radius 3 is 2.60 bits per heavy atom. The van der Waals surface area contributed by atoms with E-state index in [-0.39, 0.29) is 23.2 Å². The van der Waals surface area contributed by atoms with E-state index in [2.05, 4.69) is 15.3 Å². The van der Waals surface area contributed by atoms with Crippen LogP contribution in [-0.2, 0) is 24.2 Å². The number of nitrogens with zero attached hydrogens (tertiary/aromatic N) is 3. The smallest absolute Gasteiger partial charge is 0.325 e. The van der Waals surface area contributed by atoms with Gasteiger partial charge < -0.3 is 5.32 Å². The summed E-state index contributed by atoms with van der Waals surface area (Å²) in [4.78, 5) is 33.4. The molecular formula is C22H21FN4O2S. The number of rotatable bonds is 6. The van der Waals surface area contributed by atoms with Gasteiger partial charge in [0.25, 0.3) is 0 Å². The van der Waals surface area contributed by atoms with Crippen molar-refractivity contribution in [2.75, 3.05) is 11.1 Å². The number of nitrogens with one attached hydrogen (secondary N) is 1. The van der Waals surface area contributed by atoms with E-state index in [9.17, 15) is 14.0 Å². The Kier molecular flexibility index (Phi) is 6.23. The zero-order valence-electron chi connectivity index (χ0n) is 16.3. The molecule has 0 saturated heterocycles. The Morgan fingerprint density at radius 1 is 1.10 bits per heavy atom. The van der Waals surface area contributed by atoms with E-state index in [1.165, 1.54) is 36.0 Å². The van der Waals surface area contributed by atoms with Crippen LogP contribution in [0, 0.1) is 5.82 Å². The summed E-state index contributed by atoms with van der Waals surface area (Å²) in [6, 6.07) is 9.40. The molecule has 4 rings (SSSR count). The summed E-state index contributed by atoms with van der Waals surface area (Å²) in [6.45, 7) is 0.465. The standard InChI is InChI=1S/C22H21FN4O2S/c23-16-5-7-17(8-6-16)25-20(28)14-30-21-18-3-1-2-4-19(18)27(22(29)26-21)13-15-9-11-24-12-10-15/h5-12H,1-4,13-14H2,(H,25,28). The van der Waals surface area contributed by atoms with Crippen LogP contribution in [0.4, 0.5) is 10.1 Å². The van der Waals surface area contributed by atoms with Crippen molar-refractivity contribution in [2.24, 2.45) is 0 Å². The van der Waals surface area contributed by atoms with E-state index in [4.69, 9.17) is 0 Å². The maximum Gasteiger partial charge on any atom is 0.349 e. The topological polar surface area (TPSA) is 76.9 Å². The highest BCUT2D eigenvalue weighted by atomic mass is 32.2. The van der Waals surface area contributed by atoms with Crippen LogP contribution in [0.1, 0.15) is 29.7 Å². The van der Waals surface area contributed by atoms with Crippen LogP contribution in [-0.4, -0.2) is 26.2 Å². The molecule has 6 nitrogen and oxygen atoms in total. The molecule has 1 aliphatic carbocycles. The molecule has 0 fully saturated rings. The number of aromatic nitrogens is 3. The Hall–Kier alpha value is -3.00. The third-order valence-electron chi connectivity index (χ3n) is 5.01. The zero-order chi connectivity index (χ0) is 20.9. The van der Waals surface area contributed by atoms with Crippen molar-refractivity contribution in [3.8, 4) is 0 Å². The van der Waals surface area contributed by atoms with Crippen molar-refractivity contribution >= 4 is 23.4 Å². The molecule has 0 unspecified atom stereocenters. The number of benzene rings is 1. The maximum absolute atomic E-state index is 13.0. The molecular weight excluding hydrogens is 403 g/mol. The number of anilines is 1. The minimum atomic E-state index is -0.356. The van der Waals surface area contributed by atoms with Crippen LogP contribution in [0.5, 0.6) is 0 Å². The monoisotopic (exact) mass is 424 g/mol. The Labute approximate surface area is 177 Å². The van der Waals surface area contributed by atoms with Crippen LogP contribution < -0.4 is 11.0 Å². The van der Waals surface area contributed by atoms with Crippen molar-refractivity contribution in [3.05, 3.63) is 81.9 Å². The van der Waals surface area contributed by atoms with E-state index in [1.807, 2.05) is 12.1 Å². The quantitative estimate of drug-likeness (QED) is 0.485. The predicted molar refractivity (Wildman–Crippen MR) is 114 cm³/mol. The lowest BCUT2D eigenvalue weighted by atomic mass is 9.97. The minimum absolute atomic E-state index is 0.130. The highest BCUT2D eigenvalue weighted by molar-refractivity contribution is 8.00. The summed E-state index contributed by atoms with van der Waals surface area (Å²) in [7, 11) is 0. The third kappa shape index (κ3) is 4.76. The molecule has 2 aromatic heterocycles. The number of carbonyl (C=O) groups excluding carboxylic acids is 1. The Balaban J connectivity index is 1.52. The van der Waals surface area contributed by atoms with Gasteiger partial charge >= 0.3 is 5.69 Å². The number of pyridine rings is 1. The van der Waals surface area contributed by atoms with E-state index in [0.29, 0.717) is 17.3 Å². The lowest BCUT2D eigenvalue weighted by Gasteiger charge is -2.22. The second kappa shape index (κ2) is 9.21. The third-order valence-corrected chi connectivity index (χ3v) is 6.03. The normalized spacial score (nSPS) is 13.0. The van der Waals surface area contributed by atoms with Gasteiger partial charge in [-0.05, 0) is 67.6 Å². The van der Waals surface area contributed by atoms with Crippen LogP contribution in [0.25, 0.3) is 0 Å². The average Bonchev–Trinajstić information content (AvgIpc) is 2.77. The van der Waals surface area contributed by atoms with Crippen molar-refractivity contribution in [1.82, 2.24) is 14.5 Å². The van der Waals surface area contributed by atoms with E-state index < -0.39 is 0 Å². The molecule has 3 aromatic rings. The fourth-order valence-electron chi connectivity index (χ4n) is 3.57. The Morgan fingerprint density at radius 2 is 1.83 bits per heavy atom. The summed E-state index contributed by atoms with van der Waals surface area (Å²) >= 11 is 1.27. The van der Waals surface area contributed by atoms with Gasteiger partial charge in [0, 0.05) is 29.3 Å². The summed E-state index contributed by atoms with van der Waals surface area (Å²) < 4.78 is 14.7. The highest BCUT2D eigenvalue weighted by Gasteiger charge is 2.21. The molecule has 154 valence electrons. The average molecular weight is 425 g/mol. The predicted octanol–water partition coefficient (Wildman–Crippen LogP) is 3.44. The van der Waals surface area contributed by atoms with E-state index in [0.717, 1.165) is 42.5 Å². The molecule has 2 heterocycles. The van der Waals surface area contributed by atoms with Gasteiger partial charge in [-0.3, -0.25) is 14.3 Å². The summed E-state index contributed by atoms with van der Waals surface area (Å²) in [5.74, 6) is -0.450.